The van der Waals surface area contributed by atoms with Gasteiger partial charge in [0, 0.05) is 29.7 Å². The molecule has 2 N–H and O–H groups in total. The molecule has 0 saturated carbocycles. The van der Waals surface area contributed by atoms with E-state index in [2.05, 4.69) is 19.6 Å². The fraction of sp³-hybridized carbons (Fsp3) is 0. The smallest absolute Gasteiger partial charge is 0.795 e. The zero-order valence-electron chi connectivity index (χ0n) is 15.0. The number of fused-ring (bicyclic) bond motifs is 1. The van der Waals surface area contributed by atoms with Gasteiger partial charge >= 0.3 is 65.1 Å². The van der Waals surface area contributed by atoms with Crippen molar-refractivity contribution < 1.29 is 82.8 Å². The van der Waals surface area contributed by atoms with E-state index in [1.807, 2.05) is 0 Å². The van der Waals surface area contributed by atoms with Crippen LogP contribution in [0.5, 0.6) is 0 Å². The van der Waals surface area contributed by atoms with Crippen molar-refractivity contribution in [2.45, 2.75) is 0 Å². The van der Waals surface area contributed by atoms with E-state index >= 15 is 0 Å². The molecule has 0 spiro atoms. The van der Waals surface area contributed by atoms with Gasteiger partial charge in [-0.05, 0) is 18.2 Å². The second-order valence-electron chi connectivity index (χ2n) is 5.34. The number of benzene rings is 1. The number of anilines is 1. The van der Waals surface area contributed by atoms with Crippen molar-refractivity contribution in [1.29, 1.82) is 0 Å². The molecule has 0 amide bonds. The number of nitrogens with zero attached hydrogens (tertiary/aromatic N) is 4. The summed E-state index contributed by atoms with van der Waals surface area (Å²) in [6.45, 7) is 0. The monoisotopic (exact) mass is 469 g/mol. The molecule has 4 aromatic rings. The van der Waals surface area contributed by atoms with Gasteiger partial charge in [0.05, 0.1) is 11.1 Å². The average Bonchev–Trinajstić information content (AvgIpc) is 3.30. The van der Waals surface area contributed by atoms with Crippen molar-refractivity contribution in [3.8, 4) is 11.5 Å². The Kier molecular flexibility index (Phi) is 7.92. The number of hydrogen-bond donors (Lipinski definition) is 1. The summed E-state index contributed by atoms with van der Waals surface area (Å²) in [5, 5.41) is 5.68. The van der Waals surface area contributed by atoms with Gasteiger partial charge in [-0.1, -0.05) is 16.8 Å². The van der Waals surface area contributed by atoms with Crippen LogP contribution in [0.4, 0.5) is 6.01 Å². The van der Waals surface area contributed by atoms with Gasteiger partial charge < -0.3 is 28.9 Å². The van der Waals surface area contributed by atoms with Gasteiger partial charge in [-0.15, -0.1) is 11.3 Å². The van der Waals surface area contributed by atoms with Gasteiger partial charge in [0.25, 0.3) is 0 Å². The summed E-state index contributed by atoms with van der Waals surface area (Å²) in [4.78, 5) is 43.9. The van der Waals surface area contributed by atoms with Crippen LogP contribution >= 0.6 is 30.7 Å². The molecule has 1 aromatic carbocycles. The SMILES string of the molecule is Nc1nc(-c2csc(C(=O)c3cn(P(=O)([O-])[O-])c4ccc(Cl)cc34)n2)no1.[Na+].[Na+]. The van der Waals surface area contributed by atoms with Crippen molar-refractivity contribution in [3.63, 3.8) is 0 Å². The van der Waals surface area contributed by atoms with E-state index in [9.17, 15) is 19.1 Å². The van der Waals surface area contributed by atoms with Crippen molar-refractivity contribution >= 4 is 53.4 Å². The third-order valence-electron chi connectivity index (χ3n) is 3.62. The molecule has 0 aliphatic heterocycles. The van der Waals surface area contributed by atoms with Crippen molar-refractivity contribution in [2.75, 3.05) is 5.73 Å². The maximum absolute atomic E-state index is 12.9. The molecule has 0 atom stereocenters. The summed E-state index contributed by atoms with van der Waals surface area (Å²) in [5.41, 5.74) is 5.66. The fourth-order valence-electron chi connectivity index (χ4n) is 2.50. The molecule has 0 aliphatic carbocycles. The third-order valence-corrected chi connectivity index (χ3v) is 5.56. The minimum Gasteiger partial charge on any atom is -0.795 e. The van der Waals surface area contributed by atoms with E-state index in [0.29, 0.717) is 4.34 Å². The fourth-order valence-corrected chi connectivity index (χ4v) is 4.12. The van der Waals surface area contributed by atoms with Crippen LogP contribution in [0.25, 0.3) is 22.4 Å². The van der Waals surface area contributed by atoms with Crippen LogP contribution in [0.15, 0.2) is 34.3 Å². The normalized spacial score (nSPS) is 11.1. The van der Waals surface area contributed by atoms with Gasteiger partial charge in [0.1, 0.15) is 5.69 Å². The standard InChI is InChI=1S/C14H9ClN5O5PS.2Na/c15-6-1-2-10-7(3-6)8(4-20(10)26(22,23)24)11(21)13-17-9(5-27-13)12-18-14(16)25-19-12;;/h1-5H,(H2,16,18,19)(H2,22,23,24);;/q;2*+1/p-2. The Labute approximate surface area is 216 Å². The Bertz CT molecular complexity index is 1250. The molecule has 0 fully saturated rings. The van der Waals surface area contributed by atoms with E-state index in [1.54, 1.807) is 0 Å². The molecule has 15 heteroatoms. The Morgan fingerprint density at radius 3 is 2.62 bits per heavy atom. The molecular formula is C14H7ClN5Na2O5PS. The molecular weight excluding hydrogens is 463 g/mol. The molecule has 0 saturated heterocycles. The van der Waals surface area contributed by atoms with E-state index in [-0.39, 0.29) is 103 Å². The van der Waals surface area contributed by atoms with E-state index in [0.717, 1.165) is 17.5 Å². The maximum atomic E-state index is 12.9. The first kappa shape index (κ1) is 24.7. The predicted octanol–water partition coefficient (Wildman–Crippen LogP) is -4.70. The Morgan fingerprint density at radius 1 is 1.28 bits per heavy atom. The van der Waals surface area contributed by atoms with Crippen LogP contribution in [-0.4, -0.2) is 25.2 Å². The molecule has 0 aliphatic rings. The number of aromatic nitrogens is 4. The second kappa shape index (κ2) is 9.29. The van der Waals surface area contributed by atoms with Gasteiger partial charge in [0.15, 0.2) is 5.01 Å². The second-order valence-corrected chi connectivity index (χ2v) is 8.00. The summed E-state index contributed by atoms with van der Waals surface area (Å²) >= 11 is 6.95. The molecule has 29 heavy (non-hydrogen) atoms. The van der Waals surface area contributed by atoms with Crippen molar-refractivity contribution in [2.24, 2.45) is 0 Å². The van der Waals surface area contributed by atoms with Gasteiger partial charge in [-0.3, -0.25) is 4.79 Å². The van der Waals surface area contributed by atoms with Gasteiger partial charge in [-0.2, -0.15) is 4.98 Å². The van der Waals surface area contributed by atoms with Crippen LogP contribution < -0.4 is 74.6 Å². The van der Waals surface area contributed by atoms with Crippen LogP contribution in [-0.2, 0) is 4.57 Å². The molecule has 0 bridgehead atoms. The molecule has 0 unspecified atom stereocenters. The summed E-state index contributed by atoms with van der Waals surface area (Å²) in [6, 6.07) is 4.04. The Balaban J connectivity index is 0.00000150. The number of halogens is 1. The predicted molar refractivity (Wildman–Crippen MR) is 93.2 cm³/mol. The van der Waals surface area contributed by atoms with Crippen molar-refractivity contribution in [3.05, 3.63) is 45.4 Å². The number of ketones is 1. The molecule has 10 nitrogen and oxygen atoms in total. The van der Waals surface area contributed by atoms with E-state index in [4.69, 9.17) is 17.3 Å². The first-order valence-corrected chi connectivity index (χ1v) is 9.92. The minimum absolute atomic E-state index is 0. The summed E-state index contributed by atoms with van der Waals surface area (Å²) in [5.74, 6) is -0.473. The van der Waals surface area contributed by atoms with Gasteiger partial charge in [-0.25, -0.2) is 4.98 Å². The average molecular weight is 470 g/mol. The molecule has 0 radical (unpaired) electrons. The summed E-state index contributed by atoms with van der Waals surface area (Å²) in [6.07, 6.45) is 0.970. The topological polar surface area (TPSA) is 163 Å². The van der Waals surface area contributed by atoms with E-state index in [1.165, 1.54) is 23.6 Å². The Hall–Kier alpha value is -0.560. The molecule has 4 rings (SSSR count). The number of nitrogens with two attached hydrogens (primary N) is 1. The number of hydrogen-bond acceptors (Lipinski definition) is 10. The maximum Gasteiger partial charge on any atom is 1.00 e. The zero-order chi connectivity index (χ0) is 19.3. The first-order chi connectivity index (χ1) is 12.7. The molecule has 138 valence electrons. The van der Waals surface area contributed by atoms with Crippen LogP contribution in [0, 0.1) is 0 Å². The third kappa shape index (κ3) is 4.86. The zero-order valence-corrected chi connectivity index (χ0v) is 21.5. The molecule has 3 heterocycles. The van der Waals surface area contributed by atoms with Crippen LogP contribution in [0.2, 0.25) is 5.02 Å². The molecule has 3 aromatic heterocycles. The van der Waals surface area contributed by atoms with Crippen LogP contribution in [0.1, 0.15) is 15.4 Å². The number of carbonyl (C=O) groups is 1. The quantitative estimate of drug-likeness (QED) is 0.176. The minimum atomic E-state index is -5.17. The number of thiazole rings is 1. The summed E-state index contributed by atoms with van der Waals surface area (Å²) < 4.78 is 16.7. The largest absolute Gasteiger partial charge is 1.00 e. The number of carbonyl (C=O) groups excluding carboxylic acids is 1. The van der Waals surface area contributed by atoms with Gasteiger partial charge in [0.2, 0.25) is 11.6 Å². The van der Waals surface area contributed by atoms with E-state index < -0.39 is 13.5 Å². The summed E-state index contributed by atoms with van der Waals surface area (Å²) in [7, 11) is -5.17. The van der Waals surface area contributed by atoms with Crippen LogP contribution in [0.3, 0.4) is 0 Å². The first-order valence-electron chi connectivity index (χ1n) is 7.17. The number of nitrogen functional groups attached to an aromatic ring is 1. The Morgan fingerprint density at radius 2 is 2.00 bits per heavy atom. The van der Waals surface area contributed by atoms with Crippen molar-refractivity contribution in [1.82, 2.24) is 19.5 Å². The number of rotatable bonds is 4.